The average molecular weight is 127 g/mol. The fraction of sp³-hybridized carbons (Fsp3) is 0.600. The van der Waals surface area contributed by atoms with Gasteiger partial charge in [0.25, 0.3) is 0 Å². The van der Waals surface area contributed by atoms with Gasteiger partial charge in [-0.1, -0.05) is 5.16 Å². The van der Waals surface area contributed by atoms with E-state index in [-0.39, 0.29) is 0 Å². The average Bonchev–Trinajstić information content (AvgIpc) is 2.15. The third-order valence-corrected chi connectivity index (χ3v) is 0.845. The molecule has 0 aliphatic carbocycles. The van der Waals surface area contributed by atoms with Gasteiger partial charge < -0.3 is 9.63 Å². The second kappa shape index (κ2) is 2.59. The standard InChI is InChI=1S/C5H7N2O2/c1-4(8)2-5-6-3-9-7-5/h4,8H,2H2,1H3. The number of hydrogen-bond acceptors (Lipinski definition) is 4. The van der Waals surface area contributed by atoms with Crippen molar-refractivity contribution in [2.45, 2.75) is 19.4 Å². The van der Waals surface area contributed by atoms with Crippen molar-refractivity contribution in [3.63, 3.8) is 0 Å². The molecule has 0 amide bonds. The molecule has 0 aliphatic heterocycles. The van der Waals surface area contributed by atoms with Crippen molar-refractivity contribution < 1.29 is 9.63 Å². The van der Waals surface area contributed by atoms with Gasteiger partial charge >= 0.3 is 6.39 Å². The third-order valence-electron chi connectivity index (χ3n) is 0.845. The van der Waals surface area contributed by atoms with Crippen molar-refractivity contribution in [2.75, 3.05) is 0 Å². The van der Waals surface area contributed by atoms with E-state index >= 15 is 0 Å². The molecule has 0 fully saturated rings. The van der Waals surface area contributed by atoms with Crippen LogP contribution in [0.15, 0.2) is 4.52 Å². The molecule has 49 valence electrons. The summed E-state index contributed by atoms with van der Waals surface area (Å²) in [6.07, 6.45) is 2.19. The van der Waals surface area contributed by atoms with Crippen LogP contribution >= 0.6 is 0 Å². The van der Waals surface area contributed by atoms with E-state index in [1.807, 2.05) is 0 Å². The van der Waals surface area contributed by atoms with Gasteiger partial charge in [0.05, 0.1) is 6.10 Å². The quantitative estimate of drug-likeness (QED) is 0.597. The second-order valence-electron chi connectivity index (χ2n) is 1.86. The molecule has 0 bridgehead atoms. The van der Waals surface area contributed by atoms with E-state index in [4.69, 9.17) is 5.11 Å². The number of rotatable bonds is 2. The molecule has 1 heterocycles. The minimum Gasteiger partial charge on any atom is -0.393 e. The zero-order valence-electron chi connectivity index (χ0n) is 5.03. The molecular weight excluding hydrogens is 120 g/mol. The lowest BCUT2D eigenvalue weighted by Gasteiger charge is -1.94. The summed E-state index contributed by atoms with van der Waals surface area (Å²) in [6.45, 7) is 1.66. The van der Waals surface area contributed by atoms with Crippen LogP contribution in [0.2, 0.25) is 0 Å². The van der Waals surface area contributed by atoms with Crippen molar-refractivity contribution in [1.29, 1.82) is 0 Å². The predicted molar refractivity (Wildman–Crippen MR) is 28.5 cm³/mol. The number of aliphatic hydroxyl groups is 1. The van der Waals surface area contributed by atoms with Gasteiger partial charge in [0.15, 0.2) is 5.82 Å². The van der Waals surface area contributed by atoms with E-state index in [0.29, 0.717) is 12.2 Å². The summed E-state index contributed by atoms with van der Waals surface area (Å²) in [7, 11) is 0. The van der Waals surface area contributed by atoms with Gasteiger partial charge in [-0.15, -0.1) is 0 Å². The lowest BCUT2D eigenvalue weighted by Crippen LogP contribution is -2.05. The highest BCUT2D eigenvalue weighted by molar-refractivity contribution is 4.78. The largest absolute Gasteiger partial charge is 0.393 e. The van der Waals surface area contributed by atoms with Crippen molar-refractivity contribution in [3.05, 3.63) is 12.2 Å². The molecule has 1 atom stereocenters. The molecule has 0 aliphatic rings. The highest BCUT2D eigenvalue weighted by Crippen LogP contribution is 1.93. The van der Waals surface area contributed by atoms with E-state index in [9.17, 15) is 0 Å². The fourth-order valence-corrected chi connectivity index (χ4v) is 0.514. The molecule has 1 aromatic rings. The Morgan fingerprint density at radius 3 is 3.11 bits per heavy atom. The summed E-state index contributed by atoms with van der Waals surface area (Å²) in [4.78, 5) is 3.59. The number of aliphatic hydroxyl groups excluding tert-OH is 1. The zero-order chi connectivity index (χ0) is 6.69. The van der Waals surface area contributed by atoms with Gasteiger partial charge in [0, 0.05) is 6.42 Å². The van der Waals surface area contributed by atoms with Crippen LogP contribution in [0.3, 0.4) is 0 Å². The Morgan fingerprint density at radius 1 is 1.89 bits per heavy atom. The Morgan fingerprint density at radius 2 is 2.67 bits per heavy atom. The van der Waals surface area contributed by atoms with Gasteiger partial charge in [-0.05, 0) is 6.92 Å². The van der Waals surface area contributed by atoms with Crippen molar-refractivity contribution in [3.8, 4) is 0 Å². The molecule has 0 spiro atoms. The van der Waals surface area contributed by atoms with Gasteiger partial charge in [0.1, 0.15) is 0 Å². The maximum Gasteiger partial charge on any atom is 0.316 e. The molecule has 1 rings (SSSR count). The van der Waals surface area contributed by atoms with E-state index < -0.39 is 6.10 Å². The molecule has 4 heteroatoms. The van der Waals surface area contributed by atoms with Gasteiger partial charge in [-0.2, -0.15) is 4.98 Å². The third kappa shape index (κ3) is 1.81. The first kappa shape index (κ1) is 6.22. The molecule has 4 nitrogen and oxygen atoms in total. The fourth-order valence-electron chi connectivity index (χ4n) is 0.514. The second-order valence-corrected chi connectivity index (χ2v) is 1.86. The molecule has 9 heavy (non-hydrogen) atoms. The van der Waals surface area contributed by atoms with Gasteiger partial charge in [-0.3, -0.25) is 0 Å². The summed E-state index contributed by atoms with van der Waals surface area (Å²) in [5, 5.41) is 12.2. The first-order chi connectivity index (χ1) is 4.29. The smallest absolute Gasteiger partial charge is 0.316 e. The predicted octanol–water partition coefficient (Wildman–Crippen LogP) is -0.207. The van der Waals surface area contributed by atoms with Gasteiger partial charge in [0.2, 0.25) is 0 Å². The molecule has 1 unspecified atom stereocenters. The van der Waals surface area contributed by atoms with Crippen LogP contribution in [-0.4, -0.2) is 21.4 Å². The summed E-state index contributed by atoms with van der Waals surface area (Å²) in [5.74, 6) is 0.491. The minimum atomic E-state index is -0.420. The van der Waals surface area contributed by atoms with Crippen LogP contribution in [0, 0.1) is 6.39 Å². The molecule has 1 radical (unpaired) electrons. The summed E-state index contributed by atoms with van der Waals surface area (Å²) < 4.78 is 4.32. The lowest BCUT2D eigenvalue weighted by atomic mass is 10.3. The Balaban J connectivity index is 2.48. The maximum atomic E-state index is 8.79. The molecule has 1 aromatic heterocycles. The van der Waals surface area contributed by atoms with Crippen molar-refractivity contribution in [2.24, 2.45) is 0 Å². The van der Waals surface area contributed by atoms with Crippen LogP contribution in [0.5, 0.6) is 0 Å². The Hall–Kier alpha value is -0.900. The van der Waals surface area contributed by atoms with Crippen LogP contribution in [0.1, 0.15) is 12.7 Å². The molecular formula is C5H7N2O2. The summed E-state index contributed by atoms with van der Waals surface area (Å²) in [6, 6.07) is 0. The topological polar surface area (TPSA) is 59.2 Å². The van der Waals surface area contributed by atoms with Crippen LogP contribution < -0.4 is 0 Å². The van der Waals surface area contributed by atoms with E-state index in [0.717, 1.165) is 0 Å². The molecule has 0 aromatic carbocycles. The van der Waals surface area contributed by atoms with Crippen LogP contribution in [0.4, 0.5) is 0 Å². The number of aromatic nitrogens is 2. The first-order valence-electron chi connectivity index (χ1n) is 2.65. The highest BCUT2D eigenvalue weighted by atomic mass is 16.5. The SMILES string of the molecule is CC(O)Cc1n[c]on1. The zero-order valence-corrected chi connectivity index (χ0v) is 5.03. The van der Waals surface area contributed by atoms with Crippen LogP contribution in [-0.2, 0) is 6.42 Å². The van der Waals surface area contributed by atoms with Crippen molar-refractivity contribution >= 4 is 0 Å². The Bertz CT molecular complexity index is 159. The Labute approximate surface area is 52.5 Å². The maximum absolute atomic E-state index is 8.79. The summed E-state index contributed by atoms with van der Waals surface area (Å²) >= 11 is 0. The van der Waals surface area contributed by atoms with Crippen molar-refractivity contribution in [1.82, 2.24) is 10.1 Å². The first-order valence-corrected chi connectivity index (χ1v) is 2.65. The van der Waals surface area contributed by atoms with E-state index in [1.54, 1.807) is 6.92 Å². The number of nitrogens with zero attached hydrogens (tertiary/aromatic N) is 2. The Kier molecular flexibility index (Phi) is 1.79. The van der Waals surface area contributed by atoms with Gasteiger partial charge in [-0.25, -0.2) is 0 Å². The van der Waals surface area contributed by atoms with E-state index in [1.165, 1.54) is 0 Å². The minimum absolute atomic E-state index is 0.420. The highest BCUT2D eigenvalue weighted by Gasteiger charge is 2.01. The normalized spacial score (nSPS) is 13.6. The summed E-state index contributed by atoms with van der Waals surface area (Å²) in [5.41, 5.74) is 0. The molecule has 0 saturated heterocycles. The molecule has 1 N–H and O–H groups in total. The lowest BCUT2D eigenvalue weighted by molar-refractivity contribution is 0.191. The monoisotopic (exact) mass is 127 g/mol. The molecule has 0 saturated carbocycles. The number of hydrogen-bond donors (Lipinski definition) is 1. The van der Waals surface area contributed by atoms with E-state index in [2.05, 4.69) is 21.1 Å². The van der Waals surface area contributed by atoms with Crippen LogP contribution in [0.25, 0.3) is 0 Å².